The van der Waals surface area contributed by atoms with Crippen molar-refractivity contribution in [2.24, 2.45) is 11.7 Å². The van der Waals surface area contributed by atoms with E-state index in [1.807, 2.05) is 44.2 Å². The van der Waals surface area contributed by atoms with Crippen molar-refractivity contribution in [2.45, 2.75) is 39.2 Å². The van der Waals surface area contributed by atoms with Gasteiger partial charge in [0.25, 0.3) is 0 Å². The third kappa shape index (κ3) is 5.32. The summed E-state index contributed by atoms with van der Waals surface area (Å²) in [6.45, 7) is 5.70. The first-order valence-electron chi connectivity index (χ1n) is 11.0. The molecule has 3 N–H and O–H groups in total. The standard InChI is InChI=1S/C24H30N4O4/c1-15-23(16(2)32-28-15)22-12-19(10-17-6-8-30-9-7-17)26-24(27-22)18-4-3-5-21(11-18)31-14-20(29)13-25/h3-5,11-12,17,20,29H,6-10,13-14,25H2,1-2H3/t20-/m1/s1. The minimum atomic E-state index is -0.705. The van der Waals surface area contributed by atoms with E-state index in [9.17, 15) is 5.11 Å². The summed E-state index contributed by atoms with van der Waals surface area (Å²) in [7, 11) is 0. The molecule has 2 aromatic heterocycles. The molecular formula is C24H30N4O4. The third-order valence-corrected chi connectivity index (χ3v) is 5.71. The maximum absolute atomic E-state index is 9.69. The van der Waals surface area contributed by atoms with Crippen molar-refractivity contribution in [3.63, 3.8) is 0 Å². The average Bonchev–Trinajstić information content (AvgIpc) is 3.16. The van der Waals surface area contributed by atoms with Crippen LogP contribution in [0.15, 0.2) is 34.9 Å². The van der Waals surface area contributed by atoms with E-state index in [2.05, 4.69) is 5.16 Å². The highest BCUT2D eigenvalue weighted by molar-refractivity contribution is 5.67. The Morgan fingerprint density at radius 3 is 2.72 bits per heavy atom. The van der Waals surface area contributed by atoms with Crippen molar-refractivity contribution >= 4 is 0 Å². The molecule has 32 heavy (non-hydrogen) atoms. The highest BCUT2D eigenvalue weighted by atomic mass is 16.5. The van der Waals surface area contributed by atoms with Crippen LogP contribution in [-0.2, 0) is 11.2 Å². The largest absolute Gasteiger partial charge is 0.491 e. The fourth-order valence-corrected chi connectivity index (χ4v) is 3.94. The summed E-state index contributed by atoms with van der Waals surface area (Å²) in [4.78, 5) is 9.74. The lowest BCUT2D eigenvalue weighted by Crippen LogP contribution is -2.26. The molecule has 1 fully saturated rings. The minimum absolute atomic E-state index is 0.134. The van der Waals surface area contributed by atoms with E-state index in [-0.39, 0.29) is 13.2 Å². The van der Waals surface area contributed by atoms with E-state index in [4.69, 9.17) is 29.7 Å². The smallest absolute Gasteiger partial charge is 0.160 e. The second-order valence-corrected chi connectivity index (χ2v) is 8.26. The molecule has 0 amide bonds. The van der Waals surface area contributed by atoms with Crippen LogP contribution in [0, 0.1) is 19.8 Å². The number of aromatic nitrogens is 3. The number of aliphatic hydroxyl groups excluding tert-OH is 1. The number of hydrogen-bond acceptors (Lipinski definition) is 8. The Morgan fingerprint density at radius 2 is 2.00 bits per heavy atom. The van der Waals surface area contributed by atoms with Gasteiger partial charge in [-0.3, -0.25) is 0 Å². The van der Waals surface area contributed by atoms with Crippen molar-refractivity contribution in [1.82, 2.24) is 15.1 Å². The molecule has 1 saturated heterocycles. The SMILES string of the molecule is Cc1noc(C)c1-c1cc(CC2CCOCC2)nc(-c2cccc(OC[C@H](O)CN)c2)n1. The number of hydrogen-bond donors (Lipinski definition) is 2. The molecule has 1 aromatic carbocycles. The van der Waals surface area contributed by atoms with E-state index in [0.717, 1.165) is 66.4 Å². The number of ether oxygens (including phenoxy) is 2. The van der Waals surface area contributed by atoms with Crippen molar-refractivity contribution in [3.8, 4) is 28.4 Å². The first kappa shape index (κ1) is 22.4. The second kappa shape index (κ2) is 10.2. The lowest BCUT2D eigenvalue weighted by atomic mass is 9.94. The average molecular weight is 439 g/mol. The predicted molar refractivity (Wildman–Crippen MR) is 120 cm³/mol. The zero-order valence-corrected chi connectivity index (χ0v) is 18.6. The number of nitrogens with zero attached hydrogens (tertiary/aromatic N) is 3. The fourth-order valence-electron chi connectivity index (χ4n) is 3.94. The Balaban J connectivity index is 1.69. The van der Waals surface area contributed by atoms with Crippen LogP contribution in [0.1, 0.15) is 30.0 Å². The van der Waals surface area contributed by atoms with Gasteiger partial charge in [0.05, 0.1) is 17.0 Å². The lowest BCUT2D eigenvalue weighted by molar-refractivity contribution is 0.0663. The number of aliphatic hydroxyl groups is 1. The molecule has 170 valence electrons. The molecule has 4 rings (SSSR count). The molecule has 0 aliphatic carbocycles. The van der Waals surface area contributed by atoms with Gasteiger partial charge in [0.2, 0.25) is 0 Å². The van der Waals surface area contributed by atoms with Crippen LogP contribution in [-0.4, -0.2) is 52.7 Å². The van der Waals surface area contributed by atoms with Crippen molar-refractivity contribution < 1.29 is 19.1 Å². The van der Waals surface area contributed by atoms with Gasteiger partial charge in [-0.25, -0.2) is 9.97 Å². The minimum Gasteiger partial charge on any atom is -0.491 e. The maximum Gasteiger partial charge on any atom is 0.160 e. The monoisotopic (exact) mass is 438 g/mol. The fraction of sp³-hybridized carbons (Fsp3) is 0.458. The summed E-state index contributed by atoms with van der Waals surface area (Å²) >= 11 is 0. The molecule has 1 aliphatic heterocycles. The molecule has 3 heterocycles. The van der Waals surface area contributed by atoms with Crippen LogP contribution in [0.5, 0.6) is 5.75 Å². The van der Waals surface area contributed by atoms with Crippen molar-refractivity contribution in [2.75, 3.05) is 26.4 Å². The Hall–Kier alpha value is -2.81. The normalized spacial score (nSPS) is 15.6. The first-order valence-corrected chi connectivity index (χ1v) is 11.0. The summed E-state index contributed by atoms with van der Waals surface area (Å²) in [5, 5.41) is 13.8. The van der Waals surface area contributed by atoms with Gasteiger partial charge in [-0.05, 0) is 57.2 Å². The van der Waals surface area contributed by atoms with Gasteiger partial charge in [-0.2, -0.15) is 0 Å². The Bertz CT molecular complexity index is 1030. The molecule has 3 aromatic rings. The van der Waals surface area contributed by atoms with E-state index in [1.165, 1.54) is 0 Å². The van der Waals surface area contributed by atoms with E-state index >= 15 is 0 Å². The second-order valence-electron chi connectivity index (χ2n) is 8.26. The third-order valence-electron chi connectivity index (χ3n) is 5.71. The maximum atomic E-state index is 9.69. The predicted octanol–water partition coefficient (Wildman–Crippen LogP) is 3.08. The summed E-state index contributed by atoms with van der Waals surface area (Å²) in [6, 6.07) is 9.62. The van der Waals surface area contributed by atoms with Gasteiger partial charge in [-0.15, -0.1) is 0 Å². The molecule has 0 saturated carbocycles. The molecule has 0 spiro atoms. The van der Waals surface area contributed by atoms with Crippen molar-refractivity contribution in [3.05, 3.63) is 47.5 Å². The van der Waals surface area contributed by atoms with E-state index in [1.54, 1.807) is 0 Å². The number of rotatable bonds is 8. The molecule has 1 aliphatic rings. The lowest BCUT2D eigenvalue weighted by Gasteiger charge is -2.22. The highest BCUT2D eigenvalue weighted by Crippen LogP contribution is 2.30. The zero-order valence-electron chi connectivity index (χ0n) is 18.6. The van der Waals surface area contributed by atoms with Gasteiger partial charge in [0, 0.05) is 31.0 Å². The quantitative estimate of drug-likeness (QED) is 0.551. The summed E-state index contributed by atoms with van der Waals surface area (Å²) in [5.41, 5.74) is 9.80. The van der Waals surface area contributed by atoms with E-state index < -0.39 is 6.10 Å². The molecular weight excluding hydrogens is 408 g/mol. The molecule has 0 radical (unpaired) electrons. The molecule has 8 heteroatoms. The van der Waals surface area contributed by atoms with Crippen LogP contribution in [0.25, 0.3) is 22.6 Å². The number of aryl methyl sites for hydroxylation is 2. The molecule has 0 bridgehead atoms. The van der Waals surface area contributed by atoms with E-state index in [0.29, 0.717) is 17.5 Å². The van der Waals surface area contributed by atoms with Gasteiger partial charge >= 0.3 is 0 Å². The first-order chi connectivity index (χ1) is 15.5. The van der Waals surface area contributed by atoms with Gasteiger partial charge in [-0.1, -0.05) is 17.3 Å². The topological polar surface area (TPSA) is 117 Å². The highest BCUT2D eigenvalue weighted by Gasteiger charge is 2.20. The van der Waals surface area contributed by atoms with Crippen LogP contribution >= 0.6 is 0 Å². The van der Waals surface area contributed by atoms with Gasteiger partial charge in [0.1, 0.15) is 24.2 Å². The van der Waals surface area contributed by atoms with Crippen LogP contribution < -0.4 is 10.5 Å². The Morgan fingerprint density at radius 1 is 1.19 bits per heavy atom. The molecule has 8 nitrogen and oxygen atoms in total. The number of benzene rings is 1. The van der Waals surface area contributed by atoms with Crippen molar-refractivity contribution in [1.29, 1.82) is 0 Å². The summed E-state index contributed by atoms with van der Waals surface area (Å²) in [6.07, 6.45) is 2.23. The van der Waals surface area contributed by atoms with Crippen LogP contribution in [0.4, 0.5) is 0 Å². The Labute approximate surface area is 187 Å². The van der Waals surface area contributed by atoms with Crippen LogP contribution in [0.3, 0.4) is 0 Å². The number of nitrogens with two attached hydrogens (primary N) is 1. The summed E-state index contributed by atoms with van der Waals surface area (Å²) in [5.74, 6) is 2.52. The van der Waals surface area contributed by atoms with Crippen LogP contribution in [0.2, 0.25) is 0 Å². The zero-order chi connectivity index (χ0) is 22.5. The summed E-state index contributed by atoms with van der Waals surface area (Å²) < 4.78 is 16.6. The van der Waals surface area contributed by atoms with Gasteiger partial charge in [0.15, 0.2) is 5.82 Å². The Kier molecular flexibility index (Phi) is 7.14. The molecule has 0 unspecified atom stereocenters. The van der Waals surface area contributed by atoms with Gasteiger partial charge < -0.3 is 24.8 Å². The molecule has 1 atom stereocenters.